The zero-order chi connectivity index (χ0) is 13.9. The van der Waals surface area contributed by atoms with Crippen molar-refractivity contribution < 1.29 is 0 Å². The predicted molar refractivity (Wildman–Crippen MR) is 86.6 cm³/mol. The summed E-state index contributed by atoms with van der Waals surface area (Å²) >= 11 is 3.53. The summed E-state index contributed by atoms with van der Waals surface area (Å²) in [5.41, 5.74) is 1.98. The summed E-state index contributed by atoms with van der Waals surface area (Å²) in [4.78, 5) is 0. The maximum absolute atomic E-state index is 3.76. The maximum atomic E-state index is 3.76. The van der Waals surface area contributed by atoms with E-state index in [0.717, 1.165) is 12.5 Å². The normalized spacial score (nSPS) is 25.1. The topological polar surface area (TPSA) is 12.0 Å². The average Bonchev–Trinajstić information content (AvgIpc) is 2.41. The summed E-state index contributed by atoms with van der Waals surface area (Å²) in [5, 5.41) is 3.76. The minimum Gasteiger partial charge on any atom is -0.313 e. The Morgan fingerprint density at radius 1 is 1.16 bits per heavy atom. The van der Waals surface area contributed by atoms with Crippen molar-refractivity contribution in [3.63, 3.8) is 0 Å². The fraction of sp³-hybridized carbons (Fsp3) is 0.647. The lowest BCUT2D eigenvalue weighted by Crippen LogP contribution is -2.58. The van der Waals surface area contributed by atoms with E-state index < -0.39 is 0 Å². The Hall–Kier alpha value is -0.340. The van der Waals surface area contributed by atoms with Crippen LogP contribution in [0.25, 0.3) is 0 Å². The van der Waals surface area contributed by atoms with Gasteiger partial charge in [0.2, 0.25) is 0 Å². The average molecular weight is 324 g/mol. The number of halogens is 1. The number of rotatable bonds is 6. The highest BCUT2D eigenvalue weighted by Crippen LogP contribution is 2.57. The highest BCUT2D eigenvalue weighted by molar-refractivity contribution is 9.10. The van der Waals surface area contributed by atoms with Crippen LogP contribution in [0.3, 0.4) is 0 Å². The first-order chi connectivity index (χ1) is 9.17. The molecule has 2 heteroatoms. The zero-order valence-electron chi connectivity index (χ0n) is 12.4. The minimum atomic E-state index is 0.461. The lowest BCUT2D eigenvalue weighted by atomic mass is 9.52. The van der Waals surface area contributed by atoms with Gasteiger partial charge in [0.1, 0.15) is 0 Å². The highest BCUT2D eigenvalue weighted by atomic mass is 79.9. The molecule has 1 aromatic carbocycles. The molecule has 0 heterocycles. The van der Waals surface area contributed by atoms with Gasteiger partial charge in [-0.25, -0.2) is 0 Å². The Morgan fingerprint density at radius 3 is 2.32 bits per heavy atom. The monoisotopic (exact) mass is 323 g/mol. The summed E-state index contributed by atoms with van der Waals surface area (Å²) in [7, 11) is 0. The van der Waals surface area contributed by atoms with E-state index in [0.29, 0.717) is 11.5 Å². The molecule has 2 atom stereocenters. The largest absolute Gasteiger partial charge is 0.313 e. The first-order valence-corrected chi connectivity index (χ1v) is 8.46. The molecule has 1 saturated carbocycles. The van der Waals surface area contributed by atoms with Crippen LogP contribution in [-0.2, 0) is 0 Å². The second-order valence-corrected chi connectivity index (χ2v) is 6.70. The van der Waals surface area contributed by atoms with Gasteiger partial charge in [-0.3, -0.25) is 0 Å². The fourth-order valence-electron chi connectivity index (χ4n) is 3.79. The van der Waals surface area contributed by atoms with E-state index in [4.69, 9.17) is 0 Å². The molecule has 2 rings (SSSR count). The number of hydrogen-bond acceptors (Lipinski definition) is 1. The third-order valence-electron chi connectivity index (χ3n) is 5.09. The molecule has 1 fully saturated rings. The van der Waals surface area contributed by atoms with Crippen LogP contribution >= 0.6 is 15.9 Å². The van der Waals surface area contributed by atoms with Gasteiger partial charge in [-0.1, -0.05) is 48.8 Å². The third-order valence-corrected chi connectivity index (χ3v) is 5.62. The predicted octanol–water partition coefficient (Wildman–Crippen LogP) is 5.11. The van der Waals surface area contributed by atoms with Crippen LogP contribution in [0.1, 0.15) is 57.9 Å². The zero-order valence-corrected chi connectivity index (χ0v) is 14.0. The Kier molecular flexibility index (Phi) is 5.08. The summed E-state index contributed by atoms with van der Waals surface area (Å²) in [5.74, 6) is 0.727. The number of hydrogen-bond donors (Lipinski definition) is 1. The molecule has 19 heavy (non-hydrogen) atoms. The smallest absolute Gasteiger partial charge is 0.0175 e. The van der Waals surface area contributed by atoms with Crippen LogP contribution in [0.5, 0.6) is 0 Å². The van der Waals surface area contributed by atoms with Crippen LogP contribution < -0.4 is 5.32 Å². The molecular formula is C17H26BrN. The summed E-state index contributed by atoms with van der Waals surface area (Å²) in [6.07, 6.45) is 5.06. The summed E-state index contributed by atoms with van der Waals surface area (Å²) in [6, 6.07) is 9.66. The SMILES string of the molecule is CCCNC1CC(c2ccc(Br)cc2)C1(CC)CC. The molecule has 0 aliphatic heterocycles. The van der Waals surface area contributed by atoms with Gasteiger partial charge < -0.3 is 5.32 Å². The second kappa shape index (κ2) is 6.41. The van der Waals surface area contributed by atoms with Crippen molar-refractivity contribution in [3.05, 3.63) is 34.3 Å². The highest BCUT2D eigenvalue weighted by Gasteiger charge is 2.52. The number of benzene rings is 1. The molecule has 0 spiro atoms. The summed E-state index contributed by atoms with van der Waals surface area (Å²) < 4.78 is 1.18. The molecule has 1 nitrogen and oxygen atoms in total. The van der Waals surface area contributed by atoms with Crippen molar-refractivity contribution in [3.8, 4) is 0 Å². The van der Waals surface area contributed by atoms with Crippen LogP contribution in [0.2, 0.25) is 0 Å². The van der Waals surface area contributed by atoms with Crippen molar-refractivity contribution in [2.45, 2.75) is 58.4 Å². The first kappa shape index (κ1) is 15.1. The molecule has 1 N–H and O–H groups in total. The van der Waals surface area contributed by atoms with Gasteiger partial charge in [-0.2, -0.15) is 0 Å². The van der Waals surface area contributed by atoms with Crippen LogP contribution in [0, 0.1) is 5.41 Å². The van der Waals surface area contributed by atoms with Crippen molar-refractivity contribution in [1.29, 1.82) is 0 Å². The van der Waals surface area contributed by atoms with Gasteiger partial charge in [-0.15, -0.1) is 0 Å². The molecule has 0 amide bonds. The maximum Gasteiger partial charge on any atom is 0.0175 e. The molecule has 1 aliphatic carbocycles. The Morgan fingerprint density at radius 2 is 1.79 bits per heavy atom. The first-order valence-electron chi connectivity index (χ1n) is 7.66. The van der Waals surface area contributed by atoms with E-state index in [-0.39, 0.29) is 0 Å². The fourth-order valence-corrected chi connectivity index (χ4v) is 4.06. The van der Waals surface area contributed by atoms with E-state index >= 15 is 0 Å². The minimum absolute atomic E-state index is 0.461. The van der Waals surface area contributed by atoms with E-state index in [9.17, 15) is 0 Å². The molecule has 1 aliphatic rings. The van der Waals surface area contributed by atoms with Crippen molar-refractivity contribution in [2.75, 3.05) is 6.54 Å². The molecule has 0 saturated heterocycles. The van der Waals surface area contributed by atoms with E-state index in [2.05, 4.69) is 66.3 Å². The molecule has 0 bridgehead atoms. The van der Waals surface area contributed by atoms with Gasteiger partial charge in [0.05, 0.1) is 0 Å². The summed E-state index contributed by atoms with van der Waals surface area (Å²) in [6.45, 7) is 8.11. The van der Waals surface area contributed by atoms with Gasteiger partial charge in [0.25, 0.3) is 0 Å². The van der Waals surface area contributed by atoms with Gasteiger partial charge in [0.15, 0.2) is 0 Å². The second-order valence-electron chi connectivity index (χ2n) is 5.79. The van der Waals surface area contributed by atoms with Crippen LogP contribution in [0.4, 0.5) is 0 Å². The third kappa shape index (κ3) is 2.75. The molecule has 106 valence electrons. The number of nitrogens with one attached hydrogen (secondary N) is 1. The van der Waals surface area contributed by atoms with Gasteiger partial charge in [-0.05, 0) is 61.3 Å². The van der Waals surface area contributed by atoms with E-state index in [1.54, 1.807) is 0 Å². The van der Waals surface area contributed by atoms with E-state index in [1.165, 1.54) is 35.7 Å². The van der Waals surface area contributed by atoms with Crippen LogP contribution in [0.15, 0.2) is 28.7 Å². The van der Waals surface area contributed by atoms with Crippen molar-refractivity contribution >= 4 is 15.9 Å². The van der Waals surface area contributed by atoms with Gasteiger partial charge in [0, 0.05) is 10.5 Å². The van der Waals surface area contributed by atoms with Crippen molar-refractivity contribution in [2.24, 2.45) is 5.41 Å². The molecule has 0 aromatic heterocycles. The Balaban J connectivity index is 2.16. The standard InChI is InChI=1S/C17H26BrN/c1-4-11-19-16-12-15(17(16,5-2)6-3)13-7-9-14(18)10-8-13/h7-10,15-16,19H,4-6,11-12H2,1-3H3. The molecule has 0 radical (unpaired) electrons. The molecule has 2 unspecified atom stereocenters. The molecular weight excluding hydrogens is 298 g/mol. The van der Waals surface area contributed by atoms with Crippen LogP contribution in [-0.4, -0.2) is 12.6 Å². The lowest BCUT2D eigenvalue weighted by Gasteiger charge is -2.57. The lowest BCUT2D eigenvalue weighted by molar-refractivity contribution is 0.0202. The van der Waals surface area contributed by atoms with Gasteiger partial charge >= 0.3 is 0 Å². The molecule has 1 aromatic rings. The van der Waals surface area contributed by atoms with Crippen molar-refractivity contribution in [1.82, 2.24) is 5.32 Å². The Bertz CT molecular complexity index is 394. The Labute approximate surface area is 126 Å². The van der Waals surface area contributed by atoms with E-state index in [1.807, 2.05) is 0 Å². The quantitative estimate of drug-likeness (QED) is 0.766.